The summed E-state index contributed by atoms with van der Waals surface area (Å²) in [5.41, 5.74) is 0.213. The van der Waals surface area contributed by atoms with E-state index in [0.29, 0.717) is 5.82 Å². The van der Waals surface area contributed by atoms with Gasteiger partial charge in [0, 0.05) is 18.7 Å². The lowest BCUT2D eigenvalue weighted by atomic mass is 10.1. The first kappa shape index (κ1) is 14.9. The highest BCUT2D eigenvalue weighted by atomic mass is 19.1. The third-order valence-corrected chi connectivity index (χ3v) is 2.99. The molecule has 0 saturated heterocycles. The molecule has 112 valence electrons. The van der Waals surface area contributed by atoms with Gasteiger partial charge in [-0.2, -0.15) is 5.10 Å². The van der Waals surface area contributed by atoms with Crippen LogP contribution in [-0.2, 0) is 13.6 Å². The van der Waals surface area contributed by atoms with Crippen LogP contribution in [0.2, 0.25) is 0 Å². The van der Waals surface area contributed by atoms with Gasteiger partial charge in [0.2, 0.25) is 0 Å². The van der Waals surface area contributed by atoms with Gasteiger partial charge in [-0.1, -0.05) is 6.07 Å². The first-order valence-corrected chi connectivity index (χ1v) is 6.29. The van der Waals surface area contributed by atoms with Crippen LogP contribution in [0, 0.1) is 11.6 Å². The van der Waals surface area contributed by atoms with Crippen molar-refractivity contribution in [3.05, 3.63) is 47.5 Å². The van der Waals surface area contributed by atoms with E-state index >= 15 is 0 Å². The summed E-state index contributed by atoms with van der Waals surface area (Å²) in [5.74, 6) is -0.767. The lowest BCUT2D eigenvalue weighted by Crippen LogP contribution is -2.37. The molecule has 21 heavy (non-hydrogen) atoms. The van der Waals surface area contributed by atoms with Gasteiger partial charge in [0.15, 0.2) is 0 Å². The lowest BCUT2D eigenvalue weighted by molar-refractivity contribution is 0.237. The van der Waals surface area contributed by atoms with E-state index < -0.39 is 23.7 Å². The zero-order valence-electron chi connectivity index (χ0n) is 11.6. The SMILES string of the molecule is C[C@@H](NC(=O)NCc1ncnn1C)c1ccc(F)cc1F. The van der Waals surface area contributed by atoms with Gasteiger partial charge in [-0.15, -0.1) is 0 Å². The van der Waals surface area contributed by atoms with Crippen molar-refractivity contribution in [3.63, 3.8) is 0 Å². The molecule has 8 heteroatoms. The number of nitrogens with one attached hydrogen (secondary N) is 2. The van der Waals surface area contributed by atoms with Crippen molar-refractivity contribution in [3.8, 4) is 0 Å². The van der Waals surface area contributed by atoms with Crippen LogP contribution in [0.4, 0.5) is 13.6 Å². The second-order valence-corrected chi connectivity index (χ2v) is 4.51. The monoisotopic (exact) mass is 295 g/mol. The minimum Gasteiger partial charge on any atom is -0.332 e. The minimum atomic E-state index is -0.698. The minimum absolute atomic E-state index is 0.195. The maximum atomic E-state index is 13.6. The number of hydrogen-bond donors (Lipinski definition) is 2. The summed E-state index contributed by atoms with van der Waals surface area (Å²) in [6.45, 7) is 1.80. The van der Waals surface area contributed by atoms with Crippen LogP contribution in [0.5, 0.6) is 0 Å². The maximum Gasteiger partial charge on any atom is 0.315 e. The van der Waals surface area contributed by atoms with Crippen molar-refractivity contribution >= 4 is 6.03 Å². The Balaban J connectivity index is 1.91. The van der Waals surface area contributed by atoms with Crippen LogP contribution in [0.1, 0.15) is 24.4 Å². The van der Waals surface area contributed by atoms with Gasteiger partial charge in [-0.25, -0.2) is 18.6 Å². The summed E-state index contributed by atoms with van der Waals surface area (Å²) in [4.78, 5) is 15.7. The second kappa shape index (κ2) is 6.29. The molecular formula is C13H15F2N5O. The first-order chi connectivity index (χ1) is 9.97. The average molecular weight is 295 g/mol. The predicted octanol–water partition coefficient (Wildman–Crippen LogP) is 1.65. The van der Waals surface area contributed by atoms with E-state index in [4.69, 9.17) is 0 Å². The van der Waals surface area contributed by atoms with E-state index in [-0.39, 0.29) is 12.1 Å². The Labute approximate surface area is 120 Å². The van der Waals surface area contributed by atoms with Gasteiger partial charge < -0.3 is 10.6 Å². The molecule has 0 spiro atoms. The fraction of sp³-hybridized carbons (Fsp3) is 0.308. The molecular weight excluding hydrogens is 280 g/mol. The Morgan fingerprint density at radius 1 is 1.43 bits per heavy atom. The van der Waals surface area contributed by atoms with Crippen molar-refractivity contribution in [2.45, 2.75) is 19.5 Å². The number of amides is 2. The van der Waals surface area contributed by atoms with Crippen molar-refractivity contribution in [1.29, 1.82) is 0 Å². The van der Waals surface area contributed by atoms with E-state index in [9.17, 15) is 13.6 Å². The number of benzene rings is 1. The number of rotatable bonds is 4. The molecule has 1 heterocycles. The molecule has 2 amide bonds. The molecule has 0 radical (unpaired) electrons. The summed E-state index contributed by atoms with van der Waals surface area (Å²) in [6.07, 6.45) is 1.38. The molecule has 6 nitrogen and oxygen atoms in total. The number of carbonyl (C=O) groups is 1. The third-order valence-electron chi connectivity index (χ3n) is 2.99. The number of carbonyl (C=O) groups excluding carboxylic acids is 1. The number of aryl methyl sites for hydroxylation is 1. The molecule has 0 saturated carbocycles. The fourth-order valence-corrected chi connectivity index (χ4v) is 1.82. The smallest absolute Gasteiger partial charge is 0.315 e. The molecule has 0 bridgehead atoms. The van der Waals surface area contributed by atoms with E-state index in [2.05, 4.69) is 20.7 Å². The van der Waals surface area contributed by atoms with Crippen LogP contribution in [0.25, 0.3) is 0 Å². The molecule has 1 atom stereocenters. The van der Waals surface area contributed by atoms with Gasteiger partial charge in [-0.05, 0) is 13.0 Å². The molecule has 0 aliphatic carbocycles. The normalized spacial score (nSPS) is 12.0. The highest BCUT2D eigenvalue weighted by Crippen LogP contribution is 2.17. The lowest BCUT2D eigenvalue weighted by Gasteiger charge is -2.15. The number of hydrogen-bond acceptors (Lipinski definition) is 3. The van der Waals surface area contributed by atoms with Gasteiger partial charge in [-0.3, -0.25) is 4.68 Å². The molecule has 0 aliphatic heterocycles. The molecule has 0 aliphatic rings. The van der Waals surface area contributed by atoms with E-state index in [1.165, 1.54) is 17.1 Å². The van der Waals surface area contributed by atoms with Gasteiger partial charge in [0.1, 0.15) is 23.8 Å². The van der Waals surface area contributed by atoms with Crippen molar-refractivity contribution in [2.24, 2.45) is 7.05 Å². The molecule has 1 aromatic carbocycles. The van der Waals surface area contributed by atoms with Crippen molar-refractivity contribution in [1.82, 2.24) is 25.4 Å². The van der Waals surface area contributed by atoms with Crippen molar-refractivity contribution < 1.29 is 13.6 Å². The summed E-state index contributed by atoms with van der Waals surface area (Å²) >= 11 is 0. The Bertz CT molecular complexity index is 643. The summed E-state index contributed by atoms with van der Waals surface area (Å²) < 4.78 is 27.9. The first-order valence-electron chi connectivity index (χ1n) is 6.29. The number of nitrogens with zero attached hydrogens (tertiary/aromatic N) is 3. The van der Waals surface area contributed by atoms with E-state index in [1.54, 1.807) is 14.0 Å². The van der Waals surface area contributed by atoms with Gasteiger partial charge in [0.25, 0.3) is 0 Å². The van der Waals surface area contributed by atoms with Crippen molar-refractivity contribution in [2.75, 3.05) is 0 Å². The van der Waals surface area contributed by atoms with Crippen LogP contribution >= 0.6 is 0 Å². The maximum absolute atomic E-state index is 13.6. The third kappa shape index (κ3) is 3.74. The number of aromatic nitrogens is 3. The summed E-state index contributed by atoms with van der Waals surface area (Å²) in [7, 11) is 1.71. The average Bonchev–Trinajstić information content (AvgIpc) is 2.81. The topological polar surface area (TPSA) is 71.8 Å². The largest absolute Gasteiger partial charge is 0.332 e. The van der Waals surface area contributed by atoms with Crippen LogP contribution in [0.15, 0.2) is 24.5 Å². The van der Waals surface area contributed by atoms with Crippen LogP contribution in [0.3, 0.4) is 0 Å². The van der Waals surface area contributed by atoms with Gasteiger partial charge in [0.05, 0.1) is 12.6 Å². The summed E-state index contributed by atoms with van der Waals surface area (Å²) in [5, 5.41) is 9.03. The standard InChI is InChI=1S/C13H15F2N5O/c1-8(10-4-3-9(14)5-11(10)15)19-13(21)16-6-12-17-7-18-20(12)2/h3-5,7-8H,6H2,1-2H3,(H2,16,19,21)/t8-/m1/s1. The number of halogens is 2. The highest BCUT2D eigenvalue weighted by molar-refractivity contribution is 5.74. The quantitative estimate of drug-likeness (QED) is 0.901. The highest BCUT2D eigenvalue weighted by Gasteiger charge is 2.14. The second-order valence-electron chi connectivity index (χ2n) is 4.51. The predicted molar refractivity (Wildman–Crippen MR) is 71.1 cm³/mol. The number of urea groups is 1. The molecule has 0 fully saturated rings. The summed E-state index contributed by atoms with van der Waals surface area (Å²) in [6, 6.07) is 2.16. The van der Waals surface area contributed by atoms with Crippen LogP contribution in [-0.4, -0.2) is 20.8 Å². The fourth-order valence-electron chi connectivity index (χ4n) is 1.82. The molecule has 2 rings (SSSR count). The Hall–Kier alpha value is -2.51. The molecule has 1 aromatic heterocycles. The Morgan fingerprint density at radius 2 is 2.19 bits per heavy atom. The van der Waals surface area contributed by atoms with Gasteiger partial charge >= 0.3 is 6.03 Å². The van der Waals surface area contributed by atoms with E-state index in [0.717, 1.165) is 12.1 Å². The van der Waals surface area contributed by atoms with Crippen LogP contribution < -0.4 is 10.6 Å². The van der Waals surface area contributed by atoms with E-state index in [1.807, 2.05) is 0 Å². The zero-order valence-corrected chi connectivity index (χ0v) is 11.6. The Kier molecular flexibility index (Phi) is 4.46. The molecule has 2 N–H and O–H groups in total. The zero-order chi connectivity index (χ0) is 15.4. The molecule has 0 unspecified atom stereocenters. The Morgan fingerprint density at radius 3 is 2.81 bits per heavy atom. The molecule has 2 aromatic rings.